The van der Waals surface area contributed by atoms with Gasteiger partial charge in [0.1, 0.15) is 5.82 Å². The molecule has 0 aliphatic carbocycles. The summed E-state index contributed by atoms with van der Waals surface area (Å²) in [7, 11) is 0. The van der Waals surface area contributed by atoms with Gasteiger partial charge >= 0.3 is 6.18 Å². The Hall–Kier alpha value is -3.43. The lowest BCUT2D eigenvalue weighted by Crippen LogP contribution is -2.26. The predicted molar refractivity (Wildman–Crippen MR) is 84.6 cm³/mol. The maximum Gasteiger partial charge on any atom is 0.418 e. The molecule has 0 radical (unpaired) electrons. The minimum absolute atomic E-state index is 0.0650. The first kappa shape index (κ1) is 17.4. The molecule has 3 aromatic heterocycles. The molecule has 3 heterocycles. The maximum atomic E-state index is 12.9. The number of anilines is 1. The fourth-order valence-electron chi connectivity index (χ4n) is 2.19. The number of carbonyl (C=O) groups is 1. The van der Waals surface area contributed by atoms with Crippen LogP contribution < -0.4 is 11.1 Å². The Labute approximate surface area is 145 Å². The molecule has 0 fully saturated rings. The minimum Gasteiger partial charge on any atom is -0.461 e. The van der Waals surface area contributed by atoms with Crippen LogP contribution in [-0.4, -0.2) is 20.9 Å². The summed E-state index contributed by atoms with van der Waals surface area (Å²) < 4.78 is 43.9. The van der Waals surface area contributed by atoms with Gasteiger partial charge in [0.05, 0.1) is 29.6 Å². The van der Waals surface area contributed by atoms with Gasteiger partial charge in [-0.1, -0.05) is 0 Å². The second-order valence-corrected chi connectivity index (χ2v) is 5.15. The molecule has 3 rings (SSSR count). The molecular formula is C16H12F3N5O2. The van der Waals surface area contributed by atoms with Crippen LogP contribution in [0.15, 0.2) is 47.3 Å². The molecule has 0 saturated heterocycles. The summed E-state index contributed by atoms with van der Waals surface area (Å²) in [6.07, 6.45) is -0.743. The molecule has 0 aliphatic heterocycles. The van der Waals surface area contributed by atoms with Gasteiger partial charge in [0.2, 0.25) is 0 Å². The molecular weight excluding hydrogens is 351 g/mol. The average Bonchev–Trinajstić information content (AvgIpc) is 3.13. The first-order valence-electron chi connectivity index (χ1n) is 7.32. The van der Waals surface area contributed by atoms with Crippen LogP contribution >= 0.6 is 0 Å². The number of pyridine rings is 1. The number of aromatic nitrogens is 3. The van der Waals surface area contributed by atoms with Gasteiger partial charge in [-0.05, 0) is 24.3 Å². The number of nitrogens with one attached hydrogen (secondary N) is 1. The second-order valence-electron chi connectivity index (χ2n) is 5.15. The summed E-state index contributed by atoms with van der Waals surface area (Å²) >= 11 is 0. The van der Waals surface area contributed by atoms with Crippen LogP contribution in [0.5, 0.6) is 0 Å². The molecule has 7 nitrogen and oxygen atoms in total. The SMILES string of the molecule is Nc1nc(-c2ccco2)ncc1C(=O)NCc1ncccc1C(F)(F)F. The third kappa shape index (κ3) is 3.63. The van der Waals surface area contributed by atoms with Crippen LogP contribution in [0.1, 0.15) is 21.6 Å². The molecule has 0 aliphatic rings. The van der Waals surface area contributed by atoms with Crippen LogP contribution in [0.2, 0.25) is 0 Å². The monoisotopic (exact) mass is 363 g/mol. The van der Waals surface area contributed by atoms with E-state index in [1.54, 1.807) is 12.1 Å². The molecule has 0 bridgehead atoms. The molecule has 3 aromatic rings. The summed E-state index contributed by atoms with van der Waals surface area (Å²) in [5, 5.41) is 2.34. The van der Waals surface area contributed by atoms with Crippen LogP contribution in [0.3, 0.4) is 0 Å². The third-order valence-corrected chi connectivity index (χ3v) is 3.42. The van der Waals surface area contributed by atoms with Crippen molar-refractivity contribution in [1.29, 1.82) is 0 Å². The molecule has 0 atom stereocenters. The number of alkyl halides is 3. The van der Waals surface area contributed by atoms with Crippen molar-refractivity contribution >= 4 is 11.7 Å². The fourth-order valence-corrected chi connectivity index (χ4v) is 2.19. The van der Waals surface area contributed by atoms with Gasteiger partial charge in [-0.3, -0.25) is 9.78 Å². The Balaban J connectivity index is 1.76. The minimum atomic E-state index is -4.57. The van der Waals surface area contributed by atoms with Crippen molar-refractivity contribution in [3.05, 3.63) is 59.7 Å². The quantitative estimate of drug-likeness (QED) is 0.738. The highest BCUT2D eigenvalue weighted by molar-refractivity contribution is 5.98. The number of hydrogen-bond acceptors (Lipinski definition) is 6. The lowest BCUT2D eigenvalue weighted by Gasteiger charge is -2.12. The van der Waals surface area contributed by atoms with E-state index in [2.05, 4.69) is 20.3 Å². The highest BCUT2D eigenvalue weighted by atomic mass is 19.4. The number of rotatable bonds is 4. The van der Waals surface area contributed by atoms with Gasteiger partial charge in [0, 0.05) is 12.4 Å². The zero-order chi connectivity index (χ0) is 18.7. The van der Waals surface area contributed by atoms with Crippen molar-refractivity contribution in [1.82, 2.24) is 20.3 Å². The van der Waals surface area contributed by atoms with E-state index >= 15 is 0 Å². The standard InChI is InChI=1S/C16H12F3N5O2/c17-16(18,19)10-3-1-5-21-11(10)8-23-15(25)9-7-22-14(24-13(9)20)12-4-2-6-26-12/h1-7H,8H2,(H,23,25)(H2,20,22,24). The van der Waals surface area contributed by atoms with Gasteiger partial charge in [0.15, 0.2) is 11.6 Å². The number of furan rings is 1. The Morgan fingerprint density at radius 2 is 2.04 bits per heavy atom. The molecule has 0 spiro atoms. The number of nitrogen functional groups attached to an aromatic ring is 1. The van der Waals surface area contributed by atoms with E-state index in [-0.39, 0.29) is 22.9 Å². The van der Waals surface area contributed by atoms with Crippen LogP contribution in [-0.2, 0) is 12.7 Å². The molecule has 1 amide bonds. The van der Waals surface area contributed by atoms with E-state index in [0.29, 0.717) is 5.76 Å². The Bertz CT molecular complexity index is 926. The number of nitrogens with zero attached hydrogens (tertiary/aromatic N) is 3. The number of nitrogens with two attached hydrogens (primary N) is 1. The van der Waals surface area contributed by atoms with Crippen LogP contribution in [0, 0.1) is 0 Å². The fraction of sp³-hybridized carbons (Fsp3) is 0.125. The summed E-state index contributed by atoms with van der Waals surface area (Å²) in [6, 6.07) is 5.33. The van der Waals surface area contributed by atoms with Crippen molar-refractivity contribution in [3.8, 4) is 11.6 Å². The van der Waals surface area contributed by atoms with Gasteiger partial charge in [-0.15, -0.1) is 0 Å². The normalized spacial score (nSPS) is 11.3. The number of carbonyl (C=O) groups excluding carboxylic acids is 1. The van der Waals surface area contributed by atoms with Crippen molar-refractivity contribution in [2.24, 2.45) is 0 Å². The lowest BCUT2D eigenvalue weighted by atomic mass is 10.2. The number of halogens is 3. The zero-order valence-corrected chi connectivity index (χ0v) is 13.1. The van der Waals surface area contributed by atoms with Crippen molar-refractivity contribution in [3.63, 3.8) is 0 Å². The predicted octanol–water partition coefficient (Wildman–Crippen LogP) is 2.66. The van der Waals surface area contributed by atoms with Gasteiger partial charge in [-0.2, -0.15) is 13.2 Å². The maximum absolute atomic E-state index is 12.9. The van der Waals surface area contributed by atoms with E-state index < -0.39 is 24.2 Å². The van der Waals surface area contributed by atoms with Gasteiger partial charge in [-0.25, -0.2) is 9.97 Å². The van der Waals surface area contributed by atoms with Crippen LogP contribution in [0.4, 0.5) is 19.0 Å². The highest BCUT2D eigenvalue weighted by Crippen LogP contribution is 2.30. The van der Waals surface area contributed by atoms with Gasteiger partial charge in [0.25, 0.3) is 5.91 Å². The molecule has 0 aromatic carbocycles. The first-order chi connectivity index (χ1) is 12.4. The van der Waals surface area contributed by atoms with E-state index in [1.807, 2.05) is 0 Å². The number of amides is 1. The molecule has 3 N–H and O–H groups in total. The first-order valence-corrected chi connectivity index (χ1v) is 7.32. The van der Waals surface area contributed by atoms with E-state index in [1.165, 1.54) is 24.7 Å². The molecule has 0 unspecified atom stereocenters. The van der Waals surface area contributed by atoms with Crippen molar-refractivity contribution in [2.75, 3.05) is 5.73 Å². The summed E-state index contributed by atoms with van der Waals surface area (Å²) in [6.45, 7) is -0.423. The zero-order valence-electron chi connectivity index (χ0n) is 13.1. The van der Waals surface area contributed by atoms with E-state index in [0.717, 1.165) is 6.07 Å². The van der Waals surface area contributed by atoms with E-state index in [9.17, 15) is 18.0 Å². The van der Waals surface area contributed by atoms with Crippen LogP contribution in [0.25, 0.3) is 11.6 Å². The topological polar surface area (TPSA) is 107 Å². The van der Waals surface area contributed by atoms with Gasteiger partial charge < -0.3 is 15.5 Å². The summed E-state index contributed by atoms with van der Waals surface area (Å²) in [5.41, 5.74) is 4.46. The molecule has 26 heavy (non-hydrogen) atoms. The van der Waals surface area contributed by atoms with Crippen molar-refractivity contribution < 1.29 is 22.4 Å². The lowest BCUT2D eigenvalue weighted by molar-refractivity contribution is -0.138. The molecule has 0 saturated carbocycles. The number of hydrogen-bond donors (Lipinski definition) is 2. The second kappa shape index (κ2) is 6.82. The largest absolute Gasteiger partial charge is 0.461 e. The molecule has 10 heteroatoms. The Morgan fingerprint density at radius 3 is 2.69 bits per heavy atom. The Kier molecular flexibility index (Phi) is 4.57. The van der Waals surface area contributed by atoms with Crippen molar-refractivity contribution in [2.45, 2.75) is 12.7 Å². The average molecular weight is 363 g/mol. The van der Waals surface area contributed by atoms with E-state index in [4.69, 9.17) is 10.2 Å². The third-order valence-electron chi connectivity index (χ3n) is 3.42. The molecule has 134 valence electrons. The highest BCUT2D eigenvalue weighted by Gasteiger charge is 2.33. The smallest absolute Gasteiger partial charge is 0.418 e. The summed E-state index contributed by atoms with van der Waals surface area (Å²) in [4.78, 5) is 23.8. The summed E-state index contributed by atoms with van der Waals surface area (Å²) in [5.74, 6) is -0.284. The Morgan fingerprint density at radius 1 is 1.23 bits per heavy atom.